The maximum absolute atomic E-state index is 13.8. The number of halogens is 2. The van der Waals surface area contributed by atoms with Crippen LogP contribution in [0.3, 0.4) is 0 Å². The predicted molar refractivity (Wildman–Crippen MR) is 141 cm³/mol. The Morgan fingerprint density at radius 2 is 1.78 bits per heavy atom. The van der Waals surface area contributed by atoms with Gasteiger partial charge in [-0.3, -0.25) is 4.79 Å². The zero-order valence-electron chi connectivity index (χ0n) is 22.1. The summed E-state index contributed by atoms with van der Waals surface area (Å²) >= 11 is 0. The van der Waals surface area contributed by atoms with E-state index in [4.69, 9.17) is 0 Å². The average molecular weight is 508 g/mol. The smallest absolute Gasteiger partial charge is 0.305 e. The molecule has 3 nitrogen and oxygen atoms in total. The average Bonchev–Trinajstić information content (AvgIpc) is 3.49. The number of rotatable bonds is 2. The molecular formula is C32H39F2NO2. The highest BCUT2D eigenvalue weighted by atomic mass is 19.3. The van der Waals surface area contributed by atoms with E-state index >= 15 is 0 Å². The number of carbonyl (C=O) groups excluding carboxylic acids is 1. The Balaban J connectivity index is 1.40. The zero-order valence-corrected chi connectivity index (χ0v) is 22.1. The fraction of sp³-hybridized carbons (Fsp3) is 0.656. The lowest BCUT2D eigenvalue weighted by atomic mass is 9.46. The summed E-state index contributed by atoms with van der Waals surface area (Å²) in [6, 6.07) is 9.02. The summed E-state index contributed by atoms with van der Waals surface area (Å²) in [5.41, 5.74) is 1.90. The van der Waals surface area contributed by atoms with Gasteiger partial charge in [-0.1, -0.05) is 30.6 Å². The molecular weight excluding hydrogens is 468 g/mol. The van der Waals surface area contributed by atoms with Gasteiger partial charge < -0.3 is 10.0 Å². The van der Waals surface area contributed by atoms with E-state index in [1.165, 1.54) is 29.7 Å². The van der Waals surface area contributed by atoms with E-state index < -0.39 is 16.9 Å². The molecule has 0 amide bonds. The van der Waals surface area contributed by atoms with E-state index in [0.717, 1.165) is 52.1 Å². The van der Waals surface area contributed by atoms with Gasteiger partial charge in [0.1, 0.15) is 5.60 Å². The molecule has 1 aliphatic heterocycles. The number of hydrogen-bond donors (Lipinski definition) is 1. The summed E-state index contributed by atoms with van der Waals surface area (Å²) in [7, 11) is 0. The molecule has 37 heavy (non-hydrogen) atoms. The highest BCUT2D eigenvalue weighted by molar-refractivity contribution is 5.91. The first-order valence-corrected chi connectivity index (χ1v) is 14.3. The Hall–Kier alpha value is -2.19. The third-order valence-electron chi connectivity index (χ3n) is 10.7. The van der Waals surface area contributed by atoms with Gasteiger partial charge in [-0.2, -0.15) is 8.78 Å². The van der Waals surface area contributed by atoms with Crippen molar-refractivity contribution in [3.8, 4) is 11.8 Å². The quantitative estimate of drug-likeness (QED) is 0.464. The molecule has 0 aromatic heterocycles. The molecule has 3 saturated carbocycles. The van der Waals surface area contributed by atoms with Gasteiger partial charge in [-0.15, -0.1) is 0 Å². The van der Waals surface area contributed by atoms with Crippen molar-refractivity contribution in [3.05, 3.63) is 41.5 Å². The lowest BCUT2D eigenvalue weighted by Gasteiger charge is -2.58. The molecule has 1 aromatic carbocycles. The number of aliphatic hydroxyl groups is 1. The van der Waals surface area contributed by atoms with Crippen molar-refractivity contribution < 1.29 is 18.7 Å². The van der Waals surface area contributed by atoms with Crippen molar-refractivity contribution in [3.63, 3.8) is 0 Å². The normalized spacial score (nSPS) is 39.3. The van der Waals surface area contributed by atoms with Crippen molar-refractivity contribution in [2.45, 2.75) is 89.1 Å². The van der Waals surface area contributed by atoms with E-state index in [1.807, 2.05) is 6.08 Å². The van der Waals surface area contributed by atoms with E-state index in [1.54, 1.807) is 0 Å². The number of anilines is 1. The van der Waals surface area contributed by atoms with Gasteiger partial charge in [0.15, 0.2) is 5.78 Å². The number of ketones is 1. The topological polar surface area (TPSA) is 40.5 Å². The highest BCUT2D eigenvalue weighted by Crippen LogP contribution is 2.68. The third kappa shape index (κ3) is 4.24. The molecule has 5 heteroatoms. The molecule has 0 radical (unpaired) electrons. The van der Waals surface area contributed by atoms with Gasteiger partial charge in [0.25, 0.3) is 0 Å². The van der Waals surface area contributed by atoms with E-state index in [9.17, 15) is 18.7 Å². The molecule has 0 spiro atoms. The molecule has 1 aromatic rings. The number of benzene rings is 1. The molecule has 1 heterocycles. The number of alkyl halides is 2. The van der Waals surface area contributed by atoms with Gasteiger partial charge in [0.05, 0.1) is 0 Å². The number of hydrogen-bond acceptors (Lipinski definition) is 3. The molecule has 198 valence electrons. The van der Waals surface area contributed by atoms with Gasteiger partial charge in [-0.25, -0.2) is 0 Å². The second kappa shape index (κ2) is 8.94. The molecule has 4 aliphatic carbocycles. The molecule has 6 rings (SSSR count). The second-order valence-corrected chi connectivity index (χ2v) is 12.8. The summed E-state index contributed by atoms with van der Waals surface area (Å²) in [6.45, 7) is 5.13. The van der Waals surface area contributed by atoms with Gasteiger partial charge >= 0.3 is 5.92 Å². The molecule has 0 bridgehead atoms. The minimum Gasteiger partial charge on any atom is -0.377 e. The highest BCUT2D eigenvalue weighted by Gasteiger charge is 2.64. The van der Waals surface area contributed by atoms with Crippen LogP contribution in [-0.2, 0) is 4.79 Å². The fourth-order valence-corrected chi connectivity index (χ4v) is 8.98. The summed E-state index contributed by atoms with van der Waals surface area (Å²) < 4.78 is 27.5. The third-order valence-corrected chi connectivity index (χ3v) is 10.7. The van der Waals surface area contributed by atoms with Crippen molar-refractivity contribution in [2.24, 2.45) is 29.1 Å². The number of allylic oxidation sites excluding steroid dienone is 1. The summed E-state index contributed by atoms with van der Waals surface area (Å²) in [5.74, 6) is 3.59. The van der Waals surface area contributed by atoms with Crippen molar-refractivity contribution in [1.29, 1.82) is 0 Å². The van der Waals surface area contributed by atoms with E-state index in [2.05, 4.69) is 47.9 Å². The lowest BCUT2D eigenvalue weighted by molar-refractivity contribution is -0.117. The SMILES string of the molecule is CC(F)(F)C#C[C@]1(O)CC[C@H]2[C@@H]3CCC4=CC(=O)CC[C@@H]4[C@H]3[C@@H](c3ccc(N4CCCC4)cc3)C[C@@]21C. The monoisotopic (exact) mass is 507 g/mol. The van der Waals surface area contributed by atoms with Gasteiger partial charge in [0, 0.05) is 37.5 Å². The van der Waals surface area contributed by atoms with Crippen LogP contribution in [0.5, 0.6) is 0 Å². The Morgan fingerprint density at radius 1 is 1.05 bits per heavy atom. The van der Waals surface area contributed by atoms with Crippen molar-refractivity contribution in [1.82, 2.24) is 0 Å². The second-order valence-electron chi connectivity index (χ2n) is 12.8. The number of nitrogens with zero attached hydrogens (tertiary/aromatic N) is 1. The van der Waals surface area contributed by atoms with Gasteiger partial charge in [0.2, 0.25) is 0 Å². The molecule has 1 saturated heterocycles. The first-order valence-electron chi connectivity index (χ1n) is 14.3. The number of carbonyl (C=O) groups is 1. The Morgan fingerprint density at radius 3 is 2.49 bits per heavy atom. The molecule has 1 N–H and O–H groups in total. The summed E-state index contributed by atoms with van der Waals surface area (Å²) in [5, 5.41) is 11.8. The van der Waals surface area contributed by atoms with Crippen molar-refractivity contribution in [2.75, 3.05) is 18.0 Å². The minimum atomic E-state index is -3.12. The van der Waals surface area contributed by atoms with E-state index in [0.29, 0.717) is 30.6 Å². The standard InChI is InChI=1S/C32H39F2NO2/c1-30-20-27(21-5-8-23(9-6-21)35-17-3-4-18-35)29-25-12-10-24(36)19-22(25)7-11-26(29)28(30)13-14-32(30,37)16-15-31(2,33)34/h5-6,8-9,19,25-29,37H,3-4,7,10-14,17-18,20H2,1-2H3/t25-,26-,27+,28-,29+,30-,32+/m0/s1. The Labute approximate surface area is 219 Å². The molecule has 7 atom stereocenters. The zero-order chi connectivity index (χ0) is 26.0. The Kier molecular flexibility index (Phi) is 6.07. The fourth-order valence-electron chi connectivity index (χ4n) is 8.98. The maximum atomic E-state index is 13.8. The van der Waals surface area contributed by atoms with Crippen LogP contribution in [0.25, 0.3) is 0 Å². The van der Waals surface area contributed by atoms with Crippen LogP contribution in [0, 0.1) is 40.9 Å². The van der Waals surface area contributed by atoms with Crippen LogP contribution in [0.15, 0.2) is 35.9 Å². The lowest BCUT2D eigenvalue weighted by Crippen LogP contribution is -2.54. The molecule has 4 fully saturated rings. The molecule has 0 unspecified atom stereocenters. The minimum absolute atomic E-state index is 0.203. The van der Waals surface area contributed by atoms with Crippen LogP contribution in [0.4, 0.5) is 14.5 Å². The molecule has 5 aliphatic rings. The summed E-state index contributed by atoms with van der Waals surface area (Å²) in [6.07, 6.45) is 9.85. The predicted octanol–water partition coefficient (Wildman–Crippen LogP) is 6.51. The van der Waals surface area contributed by atoms with Crippen LogP contribution in [-0.4, -0.2) is 35.5 Å². The van der Waals surface area contributed by atoms with Crippen molar-refractivity contribution >= 4 is 11.5 Å². The van der Waals surface area contributed by atoms with Crippen LogP contribution < -0.4 is 4.90 Å². The Bertz CT molecular complexity index is 1150. The first kappa shape index (κ1) is 25.1. The van der Waals surface area contributed by atoms with E-state index in [-0.39, 0.29) is 17.6 Å². The van der Waals surface area contributed by atoms with Gasteiger partial charge in [-0.05, 0) is 111 Å². The number of fused-ring (bicyclic) bond motifs is 5. The van der Waals surface area contributed by atoms with Crippen LogP contribution >= 0.6 is 0 Å². The first-order chi connectivity index (χ1) is 17.6. The largest absolute Gasteiger partial charge is 0.377 e. The van der Waals surface area contributed by atoms with Crippen LogP contribution in [0.1, 0.15) is 83.1 Å². The maximum Gasteiger partial charge on any atom is 0.305 e. The summed E-state index contributed by atoms with van der Waals surface area (Å²) in [4.78, 5) is 14.7. The van der Waals surface area contributed by atoms with Crippen LogP contribution in [0.2, 0.25) is 0 Å².